The summed E-state index contributed by atoms with van der Waals surface area (Å²) in [5, 5.41) is 18.9. The molecule has 2 heterocycles. The fraction of sp³-hybridized carbons (Fsp3) is 0.444. The van der Waals surface area contributed by atoms with Gasteiger partial charge in [0.25, 0.3) is 0 Å². The van der Waals surface area contributed by atoms with Crippen LogP contribution in [0, 0.1) is 5.82 Å². The van der Waals surface area contributed by atoms with E-state index >= 15 is 0 Å². The van der Waals surface area contributed by atoms with Crippen LogP contribution in [0.15, 0.2) is 41.4 Å². The third-order valence-electron chi connectivity index (χ3n) is 6.56. The summed E-state index contributed by atoms with van der Waals surface area (Å²) in [5.74, 6) is -2.13. The molecule has 1 atom stereocenters. The lowest BCUT2D eigenvalue weighted by Gasteiger charge is -2.41. The molecule has 0 spiro atoms. The van der Waals surface area contributed by atoms with E-state index in [1.54, 1.807) is 13.2 Å². The number of amidine groups is 1. The first-order valence-electron chi connectivity index (χ1n) is 12.6. The van der Waals surface area contributed by atoms with Crippen molar-refractivity contribution < 1.29 is 42.1 Å². The normalized spacial score (nSPS) is 16.9. The van der Waals surface area contributed by atoms with Crippen molar-refractivity contribution in [3.8, 4) is 0 Å². The maximum atomic E-state index is 13.9. The van der Waals surface area contributed by atoms with Crippen LogP contribution in [0.2, 0.25) is 0 Å². The first kappa shape index (κ1) is 30.8. The molecule has 0 aliphatic carbocycles. The summed E-state index contributed by atoms with van der Waals surface area (Å²) < 4.78 is 59.5. The second kappa shape index (κ2) is 13.6. The van der Waals surface area contributed by atoms with Gasteiger partial charge in [0.15, 0.2) is 0 Å². The SMILES string of the molecule is COCCC[C@H]1CN(C2=Nc3ccc(F)cc3Nc3ccc(C(F)(F)F)cc32)CCN1C.O=C(O)CCC(=O)O. The number of likely N-dealkylation sites (N-methyl/N-ethyl adjacent to an activating group) is 1. The number of carboxylic acids is 2. The minimum absolute atomic E-state index is 0.222. The van der Waals surface area contributed by atoms with Gasteiger partial charge in [-0.15, -0.1) is 0 Å². The molecule has 2 aliphatic heterocycles. The number of nitrogens with one attached hydrogen (secondary N) is 1. The number of ether oxygens (including phenoxy) is 1. The molecule has 2 aromatic carbocycles. The van der Waals surface area contributed by atoms with Gasteiger partial charge < -0.3 is 25.2 Å². The number of nitrogens with zero attached hydrogens (tertiary/aromatic N) is 3. The van der Waals surface area contributed by atoms with E-state index in [-0.39, 0.29) is 18.9 Å². The van der Waals surface area contributed by atoms with Gasteiger partial charge in [0, 0.05) is 50.6 Å². The number of rotatable bonds is 7. The van der Waals surface area contributed by atoms with Crippen molar-refractivity contribution in [2.45, 2.75) is 37.9 Å². The number of anilines is 2. The van der Waals surface area contributed by atoms with E-state index in [4.69, 9.17) is 19.9 Å². The lowest BCUT2D eigenvalue weighted by molar-refractivity contribution is -0.143. The smallest absolute Gasteiger partial charge is 0.416 e. The summed E-state index contributed by atoms with van der Waals surface area (Å²) in [6.07, 6.45) is -3.27. The number of aliphatic imine (C=N–C) groups is 1. The molecule has 1 fully saturated rings. The number of benzene rings is 2. The summed E-state index contributed by atoms with van der Waals surface area (Å²) in [6, 6.07) is 7.92. The van der Waals surface area contributed by atoms with Gasteiger partial charge in [0.2, 0.25) is 0 Å². The number of alkyl halides is 3. The predicted octanol–water partition coefficient (Wildman–Crippen LogP) is 4.96. The van der Waals surface area contributed by atoms with Crippen LogP contribution in [0.3, 0.4) is 0 Å². The van der Waals surface area contributed by atoms with Crippen molar-refractivity contribution in [1.82, 2.24) is 9.80 Å². The molecule has 2 aliphatic rings. The minimum atomic E-state index is -4.48. The molecule has 0 amide bonds. The fourth-order valence-corrected chi connectivity index (χ4v) is 4.41. The topological polar surface area (TPSA) is 115 Å². The number of fused-ring (bicyclic) bond motifs is 2. The molecule has 2 aromatic rings. The lowest BCUT2D eigenvalue weighted by atomic mass is 10.0. The predicted molar refractivity (Wildman–Crippen MR) is 141 cm³/mol. The monoisotopic (exact) mass is 568 g/mol. The van der Waals surface area contributed by atoms with Crippen molar-refractivity contribution in [3.63, 3.8) is 0 Å². The van der Waals surface area contributed by atoms with Gasteiger partial charge >= 0.3 is 18.1 Å². The Balaban J connectivity index is 0.000000482. The number of carbonyl (C=O) groups is 2. The minimum Gasteiger partial charge on any atom is -0.481 e. The van der Waals surface area contributed by atoms with Gasteiger partial charge in [-0.3, -0.25) is 14.5 Å². The largest absolute Gasteiger partial charge is 0.481 e. The fourth-order valence-electron chi connectivity index (χ4n) is 4.41. The molecule has 0 bridgehead atoms. The Hall–Kier alpha value is -3.71. The summed E-state index contributed by atoms with van der Waals surface area (Å²) in [4.78, 5) is 28.3. The highest BCUT2D eigenvalue weighted by molar-refractivity contribution is 6.08. The lowest BCUT2D eigenvalue weighted by Crippen LogP contribution is -2.53. The molecule has 3 N–H and O–H groups in total. The number of halogens is 4. The second-order valence-electron chi connectivity index (χ2n) is 9.48. The Labute approximate surface area is 229 Å². The molecule has 0 unspecified atom stereocenters. The van der Waals surface area contributed by atoms with E-state index in [1.165, 1.54) is 18.2 Å². The third-order valence-corrected chi connectivity index (χ3v) is 6.56. The van der Waals surface area contributed by atoms with E-state index in [2.05, 4.69) is 17.3 Å². The van der Waals surface area contributed by atoms with E-state index < -0.39 is 29.5 Å². The molecule has 13 heteroatoms. The van der Waals surface area contributed by atoms with Crippen molar-refractivity contribution >= 4 is 34.8 Å². The molecule has 40 heavy (non-hydrogen) atoms. The number of carboxylic acid groups (broad SMARTS) is 2. The van der Waals surface area contributed by atoms with Crippen LogP contribution in [0.5, 0.6) is 0 Å². The van der Waals surface area contributed by atoms with Crippen molar-refractivity contribution in [2.24, 2.45) is 4.99 Å². The molecule has 9 nitrogen and oxygen atoms in total. The Morgan fingerprint density at radius 2 is 1.77 bits per heavy atom. The highest BCUT2D eigenvalue weighted by atomic mass is 19.4. The zero-order valence-electron chi connectivity index (χ0n) is 22.2. The highest BCUT2D eigenvalue weighted by Crippen LogP contribution is 2.38. The van der Waals surface area contributed by atoms with Crippen molar-refractivity contribution in [2.75, 3.05) is 45.7 Å². The number of methoxy groups -OCH3 is 1. The average Bonchev–Trinajstić information content (AvgIpc) is 3.04. The van der Waals surface area contributed by atoms with E-state index in [0.717, 1.165) is 31.5 Å². The number of aliphatic carboxylic acids is 2. The zero-order valence-corrected chi connectivity index (χ0v) is 22.2. The van der Waals surface area contributed by atoms with Crippen molar-refractivity contribution in [3.05, 3.63) is 53.3 Å². The molecule has 4 rings (SSSR count). The summed E-state index contributed by atoms with van der Waals surface area (Å²) in [7, 11) is 3.72. The third kappa shape index (κ3) is 8.39. The first-order valence-corrected chi connectivity index (χ1v) is 12.6. The Bertz CT molecular complexity index is 1220. The quantitative estimate of drug-likeness (QED) is 0.317. The van der Waals surface area contributed by atoms with E-state index in [1.807, 2.05) is 4.90 Å². The van der Waals surface area contributed by atoms with Crippen LogP contribution >= 0.6 is 0 Å². The van der Waals surface area contributed by atoms with Gasteiger partial charge in [0.1, 0.15) is 11.7 Å². The molecule has 0 saturated carbocycles. The van der Waals surface area contributed by atoms with Crippen LogP contribution in [0.4, 0.5) is 34.6 Å². The van der Waals surface area contributed by atoms with Crippen LogP contribution in [-0.4, -0.2) is 84.2 Å². The standard InChI is InChI=1S/C23H26F4N4O.C4H6O4/c1-30-9-10-31(14-17(30)4-3-11-32-2)22-18-12-15(23(25,26)27)5-7-19(18)28-21-13-16(24)6-8-20(21)29-22;5-3(6)1-2-4(7)8/h5-8,12-13,17,28H,3-4,9-11,14H2,1-2H3;1-2H2,(H,5,6)(H,7,8)/t17-;/m0./s1. The van der Waals surface area contributed by atoms with Crippen LogP contribution in [0.1, 0.15) is 36.8 Å². The van der Waals surface area contributed by atoms with Crippen LogP contribution in [0.25, 0.3) is 0 Å². The second-order valence-corrected chi connectivity index (χ2v) is 9.48. The Morgan fingerprint density at radius 3 is 2.40 bits per heavy atom. The summed E-state index contributed by atoms with van der Waals surface area (Å²) in [6.45, 7) is 2.67. The summed E-state index contributed by atoms with van der Waals surface area (Å²) in [5.41, 5.74) is 0.994. The van der Waals surface area contributed by atoms with Gasteiger partial charge in [0.05, 0.1) is 29.8 Å². The molecule has 0 aromatic heterocycles. The average molecular weight is 569 g/mol. The Morgan fingerprint density at radius 1 is 1.07 bits per heavy atom. The number of hydrogen-bond donors (Lipinski definition) is 3. The van der Waals surface area contributed by atoms with E-state index in [9.17, 15) is 27.2 Å². The number of hydrogen-bond acceptors (Lipinski definition) is 7. The van der Waals surface area contributed by atoms with E-state index in [0.29, 0.717) is 48.2 Å². The maximum absolute atomic E-state index is 13.9. The molecule has 0 radical (unpaired) electrons. The van der Waals surface area contributed by atoms with Gasteiger partial charge in [-0.1, -0.05) is 0 Å². The number of piperazine rings is 1. The molecule has 218 valence electrons. The van der Waals surface area contributed by atoms with Crippen molar-refractivity contribution in [1.29, 1.82) is 0 Å². The molecule has 1 saturated heterocycles. The molecular formula is C27H32F4N4O5. The molecular weight excluding hydrogens is 536 g/mol. The zero-order chi connectivity index (χ0) is 29.4. The van der Waals surface area contributed by atoms with Gasteiger partial charge in [-0.2, -0.15) is 13.2 Å². The van der Waals surface area contributed by atoms with Gasteiger partial charge in [-0.25, -0.2) is 9.38 Å². The maximum Gasteiger partial charge on any atom is 0.416 e. The highest BCUT2D eigenvalue weighted by Gasteiger charge is 2.34. The first-order chi connectivity index (χ1) is 18.9. The summed E-state index contributed by atoms with van der Waals surface area (Å²) >= 11 is 0. The van der Waals surface area contributed by atoms with Crippen LogP contribution in [-0.2, 0) is 20.5 Å². The van der Waals surface area contributed by atoms with Gasteiger partial charge in [-0.05, 0) is 56.3 Å². The van der Waals surface area contributed by atoms with Crippen LogP contribution < -0.4 is 5.32 Å². The Kier molecular flexibility index (Phi) is 10.5.